The summed E-state index contributed by atoms with van der Waals surface area (Å²) in [6, 6.07) is 8.92. The number of benzene rings is 1. The van der Waals surface area contributed by atoms with Crippen molar-refractivity contribution < 1.29 is 4.74 Å². The minimum atomic E-state index is 0.303. The molecule has 0 saturated carbocycles. The van der Waals surface area contributed by atoms with E-state index in [-0.39, 0.29) is 0 Å². The maximum atomic E-state index is 6.06. The van der Waals surface area contributed by atoms with Gasteiger partial charge in [-0.3, -0.25) is 4.90 Å². The number of ether oxygens (including phenoxy) is 1. The number of hydrogen-bond acceptors (Lipinski definition) is 3. The largest absolute Gasteiger partial charge is 0.488 e. The van der Waals surface area contributed by atoms with Gasteiger partial charge in [-0.25, -0.2) is 0 Å². The van der Waals surface area contributed by atoms with Gasteiger partial charge in [-0.05, 0) is 36.9 Å². The van der Waals surface area contributed by atoms with Crippen LogP contribution in [0.25, 0.3) is 0 Å². The van der Waals surface area contributed by atoms with Crippen LogP contribution in [0.3, 0.4) is 0 Å². The molecule has 104 valence electrons. The van der Waals surface area contributed by atoms with Crippen molar-refractivity contribution in [2.45, 2.75) is 38.3 Å². The maximum Gasteiger partial charge on any atom is 0.123 e. The summed E-state index contributed by atoms with van der Waals surface area (Å²) >= 11 is 0. The Labute approximate surface area is 115 Å². The van der Waals surface area contributed by atoms with Crippen molar-refractivity contribution in [3.8, 4) is 5.75 Å². The summed E-state index contributed by atoms with van der Waals surface area (Å²) in [4.78, 5) is 2.55. The first kappa shape index (κ1) is 12.9. The maximum absolute atomic E-state index is 6.06. The van der Waals surface area contributed by atoms with E-state index >= 15 is 0 Å². The average Bonchev–Trinajstić information content (AvgIpc) is 2.81. The monoisotopic (exact) mass is 260 g/mol. The van der Waals surface area contributed by atoms with Gasteiger partial charge in [-0.1, -0.05) is 25.1 Å². The van der Waals surface area contributed by atoms with Crippen molar-refractivity contribution >= 4 is 0 Å². The lowest BCUT2D eigenvalue weighted by Gasteiger charge is -2.40. The average molecular weight is 260 g/mol. The number of fused-ring (bicyclic) bond motifs is 1. The van der Waals surface area contributed by atoms with Gasteiger partial charge in [-0.2, -0.15) is 0 Å². The van der Waals surface area contributed by atoms with Gasteiger partial charge < -0.3 is 10.5 Å². The zero-order valence-corrected chi connectivity index (χ0v) is 11.7. The molecule has 3 unspecified atom stereocenters. The van der Waals surface area contributed by atoms with Crippen LogP contribution in [-0.4, -0.2) is 36.7 Å². The van der Waals surface area contributed by atoms with Crippen molar-refractivity contribution in [3.63, 3.8) is 0 Å². The van der Waals surface area contributed by atoms with Gasteiger partial charge in [0.15, 0.2) is 0 Å². The molecule has 2 aliphatic rings. The summed E-state index contributed by atoms with van der Waals surface area (Å²) < 4.78 is 6.06. The Morgan fingerprint density at radius 1 is 1.37 bits per heavy atom. The van der Waals surface area contributed by atoms with Gasteiger partial charge in [0, 0.05) is 25.6 Å². The van der Waals surface area contributed by atoms with Crippen LogP contribution in [0.4, 0.5) is 0 Å². The molecular formula is C16H24N2O. The third-order valence-electron chi connectivity index (χ3n) is 4.62. The molecule has 1 saturated heterocycles. The van der Waals surface area contributed by atoms with E-state index in [2.05, 4.69) is 30.0 Å². The van der Waals surface area contributed by atoms with Crippen LogP contribution in [0.2, 0.25) is 0 Å². The highest BCUT2D eigenvalue weighted by Gasteiger charge is 2.31. The number of rotatable bonds is 3. The lowest BCUT2D eigenvalue weighted by molar-refractivity contribution is 0.0650. The van der Waals surface area contributed by atoms with Crippen LogP contribution < -0.4 is 10.5 Å². The molecule has 3 rings (SSSR count). The molecule has 0 bridgehead atoms. The van der Waals surface area contributed by atoms with Crippen LogP contribution in [0.5, 0.6) is 5.75 Å². The molecule has 19 heavy (non-hydrogen) atoms. The normalized spacial score (nSPS) is 30.9. The minimum Gasteiger partial charge on any atom is -0.488 e. The number of piperidine rings is 1. The quantitative estimate of drug-likeness (QED) is 0.904. The molecule has 1 fully saturated rings. The van der Waals surface area contributed by atoms with E-state index < -0.39 is 0 Å². The first-order valence-electron chi connectivity index (χ1n) is 7.46. The number of likely N-dealkylation sites (tertiary alicyclic amines) is 1. The fourth-order valence-electron chi connectivity index (χ4n) is 3.56. The molecule has 3 nitrogen and oxygen atoms in total. The van der Waals surface area contributed by atoms with E-state index in [1.807, 2.05) is 6.07 Å². The van der Waals surface area contributed by atoms with Crippen LogP contribution in [0, 0.1) is 5.92 Å². The Balaban J connectivity index is 1.63. The topological polar surface area (TPSA) is 38.5 Å². The predicted octanol–water partition coefficient (Wildman–Crippen LogP) is 2.05. The number of nitrogens with zero attached hydrogens (tertiary/aromatic N) is 1. The Kier molecular flexibility index (Phi) is 3.76. The fourth-order valence-corrected chi connectivity index (χ4v) is 3.56. The van der Waals surface area contributed by atoms with E-state index in [1.54, 1.807) is 0 Å². The van der Waals surface area contributed by atoms with Crippen molar-refractivity contribution in [1.29, 1.82) is 0 Å². The van der Waals surface area contributed by atoms with E-state index in [4.69, 9.17) is 10.5 Å². The van der Waals surface area contributed by atoms with Crippen LogP contribution in [-0.2, 0) is 6.42 Å². The zero-order valence-electron chi connectivity index (χ0n) is 11.7. The molecule has 3 atom stereocenters. The smallest absolute Gasteiger partial charge is 0.123 e. The van der Waals surface area contributed by atoms with Crippen LogP contribution >= 0.6 is 0 Å². The summed E-state index contributed by atoms with van der Waals surface area (Å²) in [5, 5.41) is 0. The molecule has 2 aliphatic heterocycles. The van der Waals surface area contributed by atoms with Crippen molar-refractivity contribution in [2.75, 3.05) is 19.6 Å². The van der Waals surface area contributed by atoms with Gasteiger partial charge in [0.1, 0.15) is 11.9 Å². The van der Waals surface area contributed by atoms with Crippen molar-refractivity contribution in [3.05, 3.63) is 29.8 Å². The highest BCUT2D eigenvalue weighted by molar-refractivity contribution is 5.37. The second kappa shape index (κ2) is 5.51. The van der Waals surface area contributed by atoms with Crippen LogP contribution in [0.1, 0.15) is 25.3 Å². The second-order valence-corrected chi connectivity index (χ2v) is 5.97. The third-order valence-corrected chi connectivity index (χ3v) is 4.62. The van der Waals surface area contributed by atoms with Gasteiger partial charge in [0.25, 0.3) is 0 Å². The number of hydrogen-bond donors (Lipinski definition) is 1. The van der Waals surface area contributed by atoms with E-state index in [1.165, 1.54) is 24.9 Å². The highest BCUT2D eigenvalue weighted by Crippen LogP contribution is 2.30. The summed E-state index contributed by atoms with van der Waals surface area (Å²) in [5.41, 5.74) is 7.31. The predicted molar refractivity (Wildman–Crippen MR) is 77.4 cm³/mol. The lowest BCUT2D eigenvalue weighted by Crippen LogP contribution is -2.51. The molecule has 0 aromatic heterocycles. The Hall–Kier alpha value is -1.06. The first-order valence-corrected chi connectivity index (χ1v) is 7.46. The number of para-hydroxylation sites is 1. The summed E-state index contributed by atoms with van der Waals surface area (Å²) in [6.45, 7) is 5.28. The van der Waals surface area contributed by atoms with Crippen LogP contribution in [0.15, 0.2) is 24.3 Å². The van der Waals surface area contributed by atoms with Gasteiger partial charge in [0.05, 0.1) is 0 Å². The first-order chi connectivity index (χ1) is 9.28. The lowest BCUT2D eigenvalue weighted by atomic mass is 9.90. The summed E-state index contributed by atoms with van der Waals surface area (Å²) in [6.07, 6.45) is 3.94. The Morgan fingerprint density at radius 2 is 2.21 bits per heavy atom. The van der Waals surface area contributed by atoms with Gasteiger partial charge in [0.2, 0.25) is 0 Å². The Morgan fingerprint density at radius 3 is 3.00 bits per heavy atom. The Bertz CT molecular complexity index is 410. The summed E-state index contributed by atoms with van der Waals surface area (Å²) in [7, 11) is 0. The fraction of sp³-hybridized carbons (Fsp3) is 0.625. The van der Waals surface area contributed by atoms with E-state index in [0.29, 0.717) is 18.1 Å². The highest BCUT2D eigenvalue weighted by atomic mass is 16.5. The standard InChI is InChI=1S/C16H24N2O/c1-12-5-4-8-18(15(12)10-17)11-14-9-13-6-2-3-7-16(13)19-14/h2-3,6-7,12,14-15H,4-5,8-11,17H2,1H3. The molecule has 2 heterocycles. The molecule has 0 aliphatic carbocycles. The minimum absolute atomic E-state index is 0.303. The SMILES string of the molecule is CC1CCCN(CC2Cc3ccccc3O2)C1CN. The van der Waals surface area contributed by atoms with Crippen molar-refractivity contribution in [1.82, 2.24) is 4.90 Å². The molecule has 2 N–H and O–H groups in total. The second-order valence-electron chi connectivity index (χ2n) is 5.97. The molecule has 0 spiro atoms. The van der Waals surface area contributed by atoms with E-state index in [0.717, 1.165) is 25.3 Å². The summed E-state index contributed by atoms with van der Waals surface area (Å²) in [5.74, 6) is 1.78. The molecule has 0 radical (unpaired) electrons. The number of nitrogens with two attached hydrogens (primary N) is 1. The third kappa shape index (κ3) is 2.63. The molecule has 1 aromatic carbocycles. The van der Waals surface area contributed by atoms with Gasteiger partial charge >= 0.3 is 0 Å². The molecule has 1 aromatic rings. The zero-order chi connectivity index (χ0) is 13.2. The van der Waals surface area contributed by atoms with Crippen molar-refractivity contribution in [2.24, 2.45) is 11.7 Å². The molecule has 0 amide bonds. The van der Waals surface area contributed by atoms with Gasteiger partial charge in [-0.15, -0.1) is 0 Å². The molecule has 3 heteroatoms. The van der Waals surface area contributed by atoms with E-state index in [9.17, 15) is 0 Å². The molecular weight excluding hydrogens is 236 g/mol.